The van der Waals surface area contributed by atoms with Gasteiger partial charge in [0.1, 0.15) is 0 Å². The van der Waals surface area contributed by atoms with Gasteiger partial charge in [-0.25, -0.2) is 0 Å². The fraction of sp³-hybridized carbons (Fsp3) is 1.00. The molecule has 0 aromatic rings. The van der Waals surface area contributed by atoms with E-state index < -0.39 is 0 Å². The van der Waals surface area contributed by atoms with Crippen LogP contribution in [0.2, 0.25) is 0 Å². The molecule has 0 amide bonds. The van der Waals surface area contributed by atoms with Gasteiger partial charge in [0, 0.05) is 0 Å². The Balaban J connectivity index is 1.81. The summed E-state index contributed by atoms with van der Waals surface area (Å²) in [7, 11) is 0. The number of ether oxygens (including phenoxy) is 1. The molecule has 0 aromatic heterocycles. The molecule has 1 heterocycles. The van der Waals surface area contributed by atoms with Crippen molar-refractivity contribution in [3.05, 3.63) is 0 Å². The van der Waals surface area contributed by atoms with E-state index in [1.165, 1.54) is 44.9 Å². The lowest BCUT2D eigenvalue weighted by atomic mass is 9.92. The molecular formula is C12H23NO. The molecule has 0 atom stereocenters. The molecule has 0 spiro atoms. The van der Waals surface area contributed by atoms with E-state index in [1.807, 2.05) is 0 Å². The van der Waals surface area contributed by atoms with Crippen molar-refractivity contribution >= 4 is 0 Å². The zero-order valence-corrected chi connectivity index (χ0v) is 9.35. The van der Waals surface area contributed by atoms with Crippen LogP contribution in [-0.2, 0) is 4.74 Å². The quantitative estimate of drug-likeness (QED) is 0.734. The van der Waals surface area contributed by atoms with Gasteiger partial charge in [-0.15, -0.1) is 0 Å². The van der Waals surface area contributed by atoms with Crippen molar-refractivity contribution in [3.8, 4) is 0 Å². The molecule has 2 aliphatic rings. The van der Waals surface area contributed by atoms with Crippen LogP contribution < -0.4 is 5.32 Å². The Morgan fingerprint density at radius 2 is 1.71 bits per heavy atom. The van der Waals surface area contributed by atoms with Crippen molar-refractivity contribution in [2.24, 2.45) is 0 Å². The van der Waals surface area contributed by atoms with Gasteiger partial charge in [0.2, 0.25) is 0 Å². The Morgan fingerprint density at radius 1 is 1.07 bits per heavy atom. The maximum absolute atomic E-state index is 6.28. The fourth-order valence-electron chi connectivity index (χ4n) is 2.66. The second-order valence-electron chi connectivity index (χ2n) is 5.08. The third kappa shape index (κ3) is 2.71. The first-order chi connectivity index (χ1) is 6.79. The highest BCUT2D eigenvalue weighted by Crippen LogP contribution is 2.29. The number of rotatable bonds is 2. The van der Waals surface area contributed by atoms with Gasteiger partial charge in [0.15, 0.2) is 0 Å². The van der Waals surface area contributed by atoms with E-state index in [-0.39, 0.29) is 5.60 Å². The number of hydrogen-bond acceptors (Lipinski definition) is 2. The van der Waals surface area contributed by atoms with Crippen LogP contribution in [0.25, 0.3) is 0 Å². The number of nitrogens with one attached hydrogen (secondary N) is 1. The van der Waals surface area contributed by atoms with Gasteiger partial charge in [0.05, 0.1) is 11.7 Å². The van der Waals surface area contributed by atoms with Gasteiger partial charge in [-0.2, -0.15) is 0 Å². The van der Waals surface area contributed by atoms with Crippen LogP contribution >= 0.6 is 0 Å². The predicted octanol–water partition coefficient (Wildman–Crippen LogP) is 2.48. The molecule has 1 aliphatic heterocycles. The van der Waals surface area contributed by atoms with Crippen LogP contribution in [0.1, 0.15) is 51.9 Å². The van der Waals surface area contributed by atoms with Crippen LogP contribution in [0.5, 0.6) is 0 Å². The molecule has 1 saturated carbocycles. The summed E-state index contributed by atoms with van der Waals surface area (Å²) in [6, 6.07) is 0. The molecule has 2 heteroatoms. The van der Waals surface area contributed by atoms with E-state index in [4.69, 9.17) is 4.74 Å². The Morgan fingerprint density at radius 3 is 2.36 bits per heavy atom. The van der Waals surface area contributed by atoms with Gasteiger partial charge in [-0.3, -0.25) is 0 Å². The minimum Gasteiger partial charge on any atom is -0.372 e. The van der Waals surface area contributed by atoms with Crippen molar-refractivity contribution in [2.75, 3.05) is 13.1 Å². The van der Waals surface area contributed by atoms with Crippen LogP contribution in [0.15, 0.2) is 0 Å². The molecule has 1 N–H and O–H groups in total. The topological polar surface area (TPSA) is 21.3 Å². The normalized spacial score (nSPS) is 28.9. The first-order valence-corrected chi connectivity index (χ1v) is 6.17. The van der Waals surface area contributed by atoms with Crippen molar-refractivity contribution in [1.29, 1.82) is 0 Å². The SMILES string of the molecule is CC1(OC2CCCCC2)CCNCC1. The number of piperidine rings is 1. The van der Waals surface area contributed by atoms with Gasteiger partial charge >= 0.3 is 0 Å². The lowest BCUT2D eigenvalue weighted by molar-refractivity contribution is -0.109. The van der Waals surface area contributed by atoms with Crippen LogP contribution in [0.3, 0.4) is 0 Å². The molecule has 0 aromatic carbocycles. The van der Waals surface area contributed by atoms with E-state index in [0.717, 1.165) is 13.1 Å². The standard InChI is InChI=1S/C12H23NO/c1-12(7-9-13-10-8-12)14-11-5-3-2-4-6-11/h11,13H,2-10H2,1H3. The van der Waals surface area contributed by atoms with Gasteiger partial charge in [-0.1, -0.05) is 19.3 Å². The summed E-state index contributed by atoms with van der Waals surface area (Å²) >= 11 is 0. The zero-order valence-electron chi connectivity index (χ0n) is 9.35. The average molecular weight is 197 g/mol. The lowest BCUT2D eigenvalue weighted by Crippen LogP contribution is -2.44. The summed E-state index contributed by atoms with van der Waals surface area (Å²) in [4.78, 5) is 0. The molecule has 2 fully saturated rings. The molecular weight excluding hydrogens is 174 g/mol. The first kappa shape index (κ1) is 10.4. The molecule has 2 rings (SSSR count). The largest absolute Gasteiger partial charge is 0.372 e. The smallest absolute Gasteiger partial charge is 0.0682 e. The minimum absolute atomic E-state index is 0.174. The maximum Gasteiger partial charge on any atom is 0.0682 e. The second-order valence-corrected chi connectivity index (χ2v) is 5.08. The molecule has 1 saturated heterocycles. The summed E-state index contributed by atoms with van der Waals surface area (Å²) in [6.07, 6.45) is 9.68. The van der Waals surface area contributed by atoms with E-state index in [1.54, 1.807) is 0 Å². The Kier molecular flexibility index (Phi) is 3.45. The zero-order chi connectivity index (χ0) is 9.86. The third-order valence-electron chi connectivity index (χ3n) is 3.66. The Hall–Kier alpha value is -0.0800. The maximum atomic E-state index is 6.28. The highest BCUT2D eigenvalue weighted by atomic mass is 16.5. The molecule has 1 aliphatic carbocycles. The van der Waals surface area contributed by atoms with Gasteiger partial charge in [0.25, 0.3) is 0 Å². The fourth-order valence-corrected chi connectivity index (χ4v) is 2.66. The summed E-state index contributed by atoms with van der Waals surface area (Å²) in [6.45, 7) is 4.55. The molecule has 0 radical (unpaired) electrons. The van der Waals surface area contributed by atoms with Crippen molar-refractivity contribution in [1.82, 2.24) is 5.32 Å². The van der Waals surface area contributed by atoms with E-state index in [9.17, 15) is 0 Å². The highest BCUT2D eigenvalue weighted by Gasteiger charge is 2.30. The van der Waals surface area contributed by atoms with Crippen LogP contribution in [0, 0.1) is 0 Å². The summed E-state index contributed by atoms with van der Waals surface area (Å²) in [5.74, 6) is 0. The first-order valence-electron chi connectivity index (χ1n) is 6.17. The molecule has 82 valence electrons. The molecule has 14 heavy (non-hydrogen) atoms. The second kappa shape index (κ2) is 4.63. The average Bonchev–Trinajstić information content (AvgIpc) is 2.19. The number of hydrogen-bond donors (Lipinski definition) is 1. The Bertz CT molecular complexity index is 169. The molecule has 0 bridgehead atoms. The predicted molar refractivity (Wildman–Crippen MR) is 58.5 cm³/mol. The molecule has 2 nitrogen and oxygen atoms in total. The highest BCUT2D eigenvalue weighted by molar-refractivity contribution is 4.83. The van der Waals surface area contributed by atoms with Crippen LogP contribution in [0.4, 0.5) is 0 Å². The summed E-state index contributed by atoms with van der Waals surface area (Å²) < 4.78 is 6.28. The van der Waals surface area contributed by atoms with Crippen LogP contribution in [-0.4, -0.2) is 24.8 Å². The minimum atomic E-state index is 0.174. The lowest BCUT2D eigenvalue weighted by Gasteiger charge is -2.38. The Labute approximate surface area is 87.4 Å². The van der Waals surface area contributed by atoms with E-state index in [0.29, 0.717) is 6.10 Å². The monoisotopic (exact) mass is 197 g/mol. The molecule has 0 unspecified atom stereocenters. The van der Waals surface area contributed by atoms with Gasteiger partial charge < -0.3 is 10.1 Å². The summed E-state index contributed by atoms with van der Waals surface area (Å²) in [5.41, 5.74) is 0.174. The third-order valence-corrected chi connectivity index (χ3v) is 3.66. The van der Waals surface area contributed by atoms with Crippen molar-refractivity contribution in [3.63, 3.8) is 0 Å². The van der Waals surface area contributed by atoms with E-state index in [2.05, 4.69) is 12.2 Å². The van der Waals surface area contributed by atoms with Gasteiger partial charge in [-0.05, 0) is 45.7 Å². The van der Waals surface area contributed by atoms with E-state index >= 15 is 0 Å². The van der Waals surface area contributed by atoms with Crippen molar-refractivity contribution in [2.45, 2.75) is 63.6 Å². The van der Waals surface area contributed by atoms with Crippen molar-refractivity contribution < 1.29 is 4.74 Å². The summed E-state index contributed by atoms with van der Waals surface area (Å²) in [5, 5.41) is 3.40.